The van der Waals surface area contributed by atoms with E-state index in [2.05, 4.69) is 30.9 Å². The number of nitrogens with zero attached hydrogens (tertiary/aromatic N) is 3. The third-order valence-electron chi connectivity index (χ3n) is 2.71. The monoisotopic (exact) mass is 227 g/mol. The molecule has 0 N–H and O–H groups in total. The molecular weight excluding hydrogens is 210 g/mol. The highest BCUT2D eigenvalue weighted by atomic mass is 15.1. The zero-order valence-corrected chi connectivity index (χ0v) is 10.3. The fourth-order valence-electron chi connectivity index (χ4n) is 1.63. The van der Waals surface area contributed by atoms with Gasteiger partial charge in [-0.05, 0) is 31.5 Å². The maximum absolute atomic E-state index is 8.72. The highest BCUT2D eigenvalue weighted by molar-refractivity contribution is 5.31. The van der Waals surface area contributed by atoms with E-state index in [0.29, 0.717) is 18.0 Å². The van der Waals surface area contributed by atoms with Crippen LogP contribution in [0.25, 0.3) is 0 Å². The number of hydrogen-bond acceptors (Lipinski definition) is 3. The van der Waals surface area contributed by atoms with Gasteiger partial charge in [0.05, 0.1) is 17.7 Å². The Kier molecular flexibility index (Phi) is 5.20. The molecule has 3 nitrogen and oxygen atoms in total. The topological polar surface area (TPSA) is 50.8 Å². The van der Waals surface area contributed by atoms with Crippen molar-refractivity contribution >= 4 is 0 Å². The number of rotatable bonds is 5. The van der Waals surface area contributed by atoms with E-state index in [1.165, 1.54) is 5.56 Å². The van der Waals surface area contributed by atoms with Crippen LogP contribution in [0.2, 0.25) is 0 Å². The minimum atomic E-state index is 0.416. The Labute approximate surface area is 103 Å². The minimum Gasteiger partial charge on any atom is -0.296 e. The second kappa shape index (κ2) is 6.68. The van der Waals surface area contributed by atoms with Crippen molar-refractivity contribution in [2.45, 2.75) is 32.9 Å². The summed E-state index contributed by atoms with van der Waals surface area (Å²) in [5, 5.41) is 17.3. The Morgan fingerprint density at radius 2 is 1.82 bits per heavy atom. The summed E-state index contributed by atoms with van der Waals surface area (Å²) in [7, 11) is 0. The summed E-state index contributed by atoms with van der Waals surface area (Å²) >= 11 is 0. The molecule has 0 heterocycles. The molecular formula is C14H17N3. The van der Waals surface area contributed by atoms with Gasteiger partial charge >= 0.3 is 0 Å². The van der Waals surface area contributed by atoms with Gasteiger partial charge in [-0.2, -0.15) is 10.5 Å². The standard InChI is InChI=1S/C14H17N3/c1-12(2)17(9-3-8-15)11-14-6-4-13(10-16)5-7-14/h4-7,12H,3,9,11H2,1-2H3. The van der Waals surface area contributed by atoms with E-state index < -0.39 is 0 Å². The minimum absolute atomic E-state index is 0.416. The van der Waals surface area contributed by atoms with Crippen LogP contribution in [-0.4, -0.2) is 17.5 Å². The van der Waals surface area contributed by atoms with E-state index in [1.807, 2.05) is 24.3 Å². The molecule has 0 aromatic heterocycles. The summed E-state index contributed by atoms with van der Waals surface area (Å²) in [5.74, 6) is 0. The molecule has 1 aromatic carbocycles. The molecule has 0 aliphatic carbocycles. The van der Waals surface area contributed by atoms with Crippen molar-refractivity contribution in [1.82, 2.24) is 4.90 Å². The summed E-state index contributed by atoms with van der Waals surface area (Å²) in [6, 6.07) is 12.3. The SMILES string of the molecule is CC(C)N(CCC#N)Cc1ccc(C#N)cc1. The Balaban J connectivity index is 2.66. The second-order valence-corrected chi connectivity index (χ2v) is 4.28. The molecule has 0 saturated heterocycles. The van der Waals surface area contributed by atoms with Gasteiger partial charge in [0.2, 0.25) is 0 Å². The molecule has 0 aliphatic heterocycles. The molecule has 0 aliphatic rings. The van der Waals surface area contributed by atoms with Crippen LogP contribution in [0.15, 0.2) is 24.3 Å². The first kappa shape index (κ1) is 13.2. The number of nitriles is 2. The molecule has 0 radical (unpaired) electrons. The van der Waals surface area contributed by atoms with Gasteiger partial charge in [-0.3, -0.25) is 4.90 Å². The lowest BCUT2D eigenvalue weighted by Gasteiger charge is -2.25. The summed E-state index contributed by atoms with van der Waals surface area (Å²) in [5.41, 5.74) is 1.86. The molecule has 1 rings (SSSR count). The largest absolute Gasteiger partial charge is 0.296 e. The first-order chi connectivity index (χ1) is 8.17. The zero-order chi connectivity index (χ0) is 12.7. The third-order valence-corrected chi connectivity index (χ3v) is 2.71. The second-order valence-electron chi connectivity index (χ2n) is 4.28. The molecule has 0 unspecified atom stereocenters. The summed E-state index contributed by atoms with van der Waals surface area (Å²) in [4.78, 5) is 2.25. The van der Waals surface area contributed by atoms with Gasteiger partial charge in [-0.1, -0.05) is 12.1 Å². The molecule has 17 heavy (non-hydrogen) atoms. The predicted octanol–water partition coefficient (Wildman–Crippen LogP) is 2.68. The molecule has 0 amide bonds. The fraction of sp³-hybridized carbons (Fsp3) is 0.429. The van der Waals surface area contributed by atoms with Gasteiger partial charge in [0.25, 0.3) is 0 Å². The van der Waals surface area contributed by atoms with E-state index >= 15 is 0 Å². The quantitative estimate of drug-likeness (QED) is 0.777. The fourth-order valence-corrected chi connectivity index (χ4v) is 1.63. The van der Waals surface area contributed by atoms with Crippen LogP contribution < -0.4 is 0 Å². The van der Waals surface area contributed by atoms with Crippen LogP contribution in [0.3, 0.4) is 0 Å². The van der Waals surface area contributed by atoms with E-state index in [4.69, 9.17) is 10.5 Å². The lowest BCUT2D eigenvalue weighted by Crippen LogP contribution is -2.31. The van der Waals surface area contributed by atoms with Crippen molar-refractivity contribution in [2.24, 2.45) is 0 Å². The Hall–Kier alpha value is -1.84. The third kappa shape index (κ3) is 4.26. The van der Waals surface area contributed by atoms with Gasteiger partial charge in [-0.25, -0.2) is 0 Å². The number of benzene rings is 1. The van der Waals surface area contributed by atoms with E-state index in [0.717, 1.165) is 13.1 Å². The van der Waals surface area contributed by atoms with Crippen molar-refractivity contribution in [3.8, 4) is 12.1 Å². The van der Waals surface area contributed by atoms with Gasteiger partial charge in [-0.15, -0.1) is 0 Å². The highest BCUT2D eigenvalue weighted by Gasteiger charge is 2.09. The first-order valence-corrected chi connectivity index (χ1v) is 5.77. The van der Waals surface area contributed by atoms with Gasteiger partial charge < -0.3 is 0 Å². The maximum Gasteiger partial charge on any atom is 0.0991 e. The van der Waals surface area contributed by atoms with Crippen LogP contribution >= 0.6 is 0 Å². The Bertz CT molecular complexity index is 420. The van der Waals surface area contributed by atoms with Crippen molar-refractivity contribution in [2.75, 3.05) is 6.54 Å². The summed E-state index contributed by atoms with van der Waals surface area (Å²) < 4.78 is 0. The first-order valence-electron chi connectivity index (χ1n) is 5.77. The molecule has 3 heteroatoms. The van der Waals surface area contributed by atoms with Crippen molar-refractivity contribution in [3.05, 3.63) is 35.4 Å². The summed E-state index contributed by atoms with van der Waals surface area (Å²) in [6.07, 6.45) is 0.550. The van der Waals surface area contributed by atoms with Crippen LogP contribution in [0.5, 0.6) is 0 Å². The van der Waals surface area contributed by atoms with Crippen LogP contribution in [0.4, 0.5) is 0 Å². The molecule has 0 spiro atoms. The Morgan fingerprint density at radius 1 is 1.18 bits per heavy atom. The average molecular weight is 227 g/mol. The van der Waals surface area contributed by atoms with Crippen LogP contribution in [-0.2, 0) is 6.54 Å². The van der Waals surface area contributed by atoms with Crippen LogP contribution in [0, 0.1) is 22.7 Å². The molecule has 0 saturated carbocycles. The lowest BCUT2D eigenvalue weighted by molar-refractivity contribution is 0.218. The van der Waals surface area contributed by atoms with E-state index in [1.54, 1.807) is 0 Å². The van der Waals surface area contributed by atoms with Crippen molar-refractivity contribution in [1.29, 1.82) is 10.5 Å². The molecule has 0 bridgehead atoms. The van der Waals surface area contributed by atoms with E-state index in [-0.39, 0.29) is 0 Å². The molecule has 0 fully saturated rings. The van der Waals surface area contributed by atoms with Crippen molar-refractivity contribution in [3.63, 3.8) is 0 Å². The predicted molar refractivity (Wildman–Crippen MR) is 66.9 cm³/mol. The Morgan fingerprint density at radius 3 is 2.29 bits per heavy atom. The number of hydrogen-bond donors (Lipinski definition) is 0. The smallest absolute Gasteiger partial charge is 0.0991 e. The van der Waals surface area contributed by atoms with Gasteiger partial charge in [0.1, 0.15) is 0 Å². The van der Waals surface area contributed by atoms with E-state index in [9.17, 15) is 0 Å². The average Bonchev–Trinajstić information content (AvgIpc) is 2.35. The molecule has 88 valence electrons. The maximum atomic E-state index is 8.72. The normalized spacial score (nSPS) is 10.2. The summed E-state index contributed by atoms with van der Waals surface area (Å²) in [6.45, 7) is 5.86. The van der Waals surface area contributed by atoms with Crippen LogP contribution in [0.1, 0.15) is 31.4 Å². The van der Waals surface area contributed by atoms with Crippen molar-refractivity contribution < 1.29 is 0 Å². The zero-order valence-electron chi connectivity index (χ0n) is 10.3. The van der Waals surface area contributed by atoms with Gasteiger partial charge in [0, 0.05) is 25.6 Å². The molecule has 0 atom stereocenters. The lowest BCUT2D eigenvalue weighted by atomic mass is 10.1. The molecule has 1 aromatic rings. The van der Waals surface area contributed by atoms with Gasteiger partial charge in [0.15, 0.2) is 0 Å². The highest BCUT2D eigenvalue weighted by Crippen LogP contribution is 2.10.